The van der Waals surface area contributed by atoms with Crippen LogP contribution in [0, 0.1) is 0 Å². The van der Waals surface area contributed by atoms with Crippen LogP contribution in [-0.4, -0.2) is 68.5 Å². The third-order valence-corrected chi connectivity index (χ3v) is 17.0. The summed E-state index contributed by atoms with van der Waals surface area (Å²) in [6, 6.07) is -0.911. The number of unbranched alkanes of at least 4 members (excludes halogenated alkanes) is 46. The van der Waals surface area contributed by atoms with Gasteiger partial charge >= 0.3 is 0 Å². The minimum Gasteiger partial charge on any atom is -0.756 e. The van der Waals surface area contributed by atoms with Crippen molar-refractivity contribution in [2.24, 2.45) is 0 Å². The normalized spacial score (nSPS) is 13.9. The van der Waals surface area contributed by atoms with Gasteiger partial charge in [0, 0.05) is 6.42 Å². The summed E-state index contributed by atoms with van der Waals surface area (Å²) in [6.45, 7) is 4.67. The third-order valence-electron chi connectivity index (χ3n) is 16.0. The Labute approximate surface area is 499 Å². The predicted molar refractivity (Wildman–Crippen MR) is 348 cm³/mol. The van der Waals surface area contributed by atoms with Gasteiger partial charge < -0.3 is 28.8 Å². The second-order valence-corrected chi connectivity index (χ2v) is 26.6. The highest BCUT2D eigenvalue weighted by molar-refractivity contribution is 7.45. The summed E-state index contributed by atoms with van der Waals surface area (Å²) in [5, 5.41) is 13.9. The molecule has 3 atom stereocenters. The summed E-state index contributed by atoms with van der Waals surface area (Å²) >= 11 is 0. The van der Waals surface area contributed by atoms with E-state index in [2.05, 4.69) is 55.6 Å². The molecule has 0 aromatic rings. The number of carbonyl (C=O) groups excluding carboxylic acids is 1. The fourth-order valence-electron chi connectivity index (χ4n) is 10.5. The monoisotopic (exact) mass is 1150 g/mol. The van der Waals surface area contributed by atoms with Crippen molar-refractivity contribution in [3.63, 3.8) is 0 Å². The molecule has 472 valence electrons. The van der Waals surface area contributed by atoms with Crippen LogP contribution >= 0.6 is 7.82 Å². The van der Waals surface area contributed by atoms with Crippen molar-refractivity contribution in [3.05, 3.63) is 48.6 Å². The molecule has 3 unspecified atom stereocenters. The second kappa shape index (κ2) is 62.0. The minimum atomic E-state index is -4.62. The van der Waals surface area contributed by atoms with E-state index in [9.17, 15) is 19.4 Å². The molecule has 0 heterocycles. The van der Waals surface area contributed by atoms with E-state index < -0.39 is 26.6 Å². The molecule has 0 rings (SSSR count). The number of likely N-dealkylation sites (N-methyl/N-ethyl adjacent to an activating group) is 1. The van der Waals surface area contributed by atoms with E-state index >= 15 is 0 Å². The molecule has 0 aliphatic rings. The molecule has 2 N–H and O–H groups in total. The fraction of sp³-hybridized carbons (Fsp3) is 0.873. The van der Waals surface area contributed by atoms with Crippen LogP contribution in [-0.2, 0) is 18.4 Å². The summed E-state index contributed by atoms with van der Waals surface area (Å²) in [4.78, 5) is 25.6. The minimum absolute atomic E-state index is 0.00814. The first kappa shape index (κ1) is 78.5. The van der Waals surface area contributed by atoms with Gasteiger partial charge in [0.1, 0.15) is 13.2 Å². The van der Waals surface area contributed by atoms with Crippen LogP contribution in [0.25, 0.3) is 0 Å². The van der Waals surface area contributed by atoms with Gasteiger partial charge in [-0.05, 0) is 70.6 Å². The number of nitrogens with one attached hydrogen (secondary N) is 1. The standard InChI is InChI=1S/C71H137N2O6P/c1-6-8-10-12-14-16-18-20-22-24-26-28-30-32-34-35-36-37-39-41-43-45-47-49-51-53-55-57-59-61-63-65-71(75)72-69(68-79-80(76,77)78-67-66-73(3,4)5)70(74)64-62-60-58-56-54-52-50-48-46-44-42-40-38-33-31-29-27-25-23-21-19-17-15-13-11-9-7-2/h24,26,46,48,54,56,62,64,69-70,74H,6-23,25,27-45,47,49-53,55,57-61,63,65-68H2,1-5H3,(H-,72,75,76,77)/b26-24-,48-46+,56-54+,64-62+. The second-order valence-electron chi connectivity index (χ2n) is 25.2. The van der Waals surface area contributed by atoms with E-state index in [1.807, 2.05) is 27.2 Å². The zero-order valence-electron chi connectivity index (χ0n) is 54.0. The molecule has 9 heteroatoms. The molecule has 0 saturated carbocycles. The zero-order chi connectivity index (χ0) is 58.4. The van der Waals surface area contributed by atoms with Crippen molar-refractivity contribution >= 4 is 13.7 Å². The highest BCUT2D eigenvalue weighted by Crippen LogP contribution is 2.38. The smallest absolute Gasteiger partial charge is 0.268 e. The van der Waals surface area contributed by atoms with E-state index in [-0.39, 0.29) is 12.5 Å². The first-order valence-electron chi connectivity index (χ1n) is 35.0. The van der Waals surface area contributed by atoms with E-state index in [0.29, 0.717) is 17.4 Å². The van der Waals surface area contributed by atoms with Crippen LogP contribution in [0.5, 0.6) is 0 Å². The van der Waals surface area contributed by atoms with Crippen molar-refractivity contribution in [3.8, 4) is 0 Å². The van der Waals surface area contributed by atoms with Gasteiger partial charge in [-0.3, -0.25) is 9.36 Å². The van der Waals surface area contributed by atoms with Crippen molar-refractivity contribution in [2.45, 2.75) is 360 Å². The molecule has 0 aliphatic heterocycles. The van der Waals surface area contributed by atoms with E-state index in [1.165, 1.54) is 283 Å². The van der Waals surface area contributed by atoms with Crippen LogP contribution in [0.15, 0.2) is 48.6 Å². The lowest BCUT2D eigenvalue weighted by Crippen LogP contribution is -2.45. The van der Waals surface area contributed by atoms with Gasteiger partial charge in [-0.1, -0.05) is 319 Å². The molecule has 0 fully saturated rings. The number of amides is 1. The molecule has 0 aromatic heterocycles. The van der Waals surface area contributed by atoms with Gasteiger partial charge in [-0.15, -0.1) is 0 Å². The quantitative estimate of drug-likeness (QED) is 0.0272. The Bertz CT molecular complexity index is 1440. The average Bonchev–Trinajstić information content (AvgIpc) is 3.42. The average molecular weight is 1150 g/mol. The van der Waals surface area contributed by atoms with E-state index in [1.54, 1.807) is 6.08 Å². The number of phosphoric acid groups is 1. The Morgan fingerprint density at radius 1 is 0.425 bits per heavy atom. The maximum atomic E-state index is 13.0. The van der Waals surface area contributed by atoms with Gasteiger partial charge in [-0.25, -0.2) is 0 Å². The molecular formula is C71H137N2O6P. The Morgan fingerprint density at radius 2 is 0.700 bits per heavy atom. The summed E-state index contributed by atoms with van der Waals surface area (Å²) in [6.07, 6.45) is 83.9. The number of quaternary nitrogens is 1. The molecule has 0 bridgehead atoms. The molecule has 80 heavy (non-hydrogen) atoms. The topological polar surface area (TPSA) is 108 Å². The number of aliphatic hydroxyl groups excluding tert-OH is 1. The molecule has 0 saturated heterocycles. The van der Waals surface area contributed by atoms with Gasteiger partial charge in [0.25, 0.3) is 7.82 Å². The largest absolute Gasteiger partial charge is 0.756 e. The Morgan fingerprint density at radius 3 is 1.01 bits per heavy atom. The summed E-state index contributed by atoms with van der Waals surface area (Å²) in [7, 11) is 1.25. The highest BCUT2D eigenvalue weighted by atomic mass is 31.2. The number of hydrogen-bond acceptors (Lipinski definition) is 6. The number of nitrogens with zero attached hydrogens (tertiary/aromatic N) is 1. The Kier molecular flexibility index (Phi) is 60.8. The summed E-state index contributed by atoms with van der Waals surface area (Å²) in [5.74, 6) is -0.205. The maximum absolute atomic E-state index is 13.0. The van der Waals surface area contributed by atoms with Crippen LogP contribution in [0.1, 0.15) is 348 Å². The van der Waals surface area contributed by atoms with Crippen LogP contribution in [0.4, 0.5) is 0 Å². The molecular weight excluding hydrogens is 1010 g/mol. The maximum Gasteiger partial charge on any atom is 0.268 e. The number of rotatable bonds is 65. The molecule has 1 amide bonds. The Balaban J connectivity index is 4.10. The van der Waals surface area contributed by atoms with Crippen molar-refractivity contribution in [1.29, 1.82) is 0 Å². The summed E-state index contributed by atoms with van der Waals surface area (Å²) in [5.41, 5.74) is 0. The SMILES string of the molecule is CCCCCCCCCC/C=C\CCCCCCCCCCCCCCCCCCCCCC(=O)NC(COP(=O)([O-])OCC[N+](C)(C)C)C(O)/C=C/CC/C=C/CC/C=C/CCCCCCCCCCCCCCCCCCC. The number of aliphatic hydroxyl groups is 1. The van der Waals surface area contributed by atoms with Crippen LogP contribution < -0.4 is 10.2 Å². The molecule has 0 aromatic carbocycles. The van der Waals surface area contributed by atoms with E-state index in [4.69, 9.17) is 9.05 Å². The first-order chi connectivity index (χ1) is 39.0. The zero-order valence-corrected chi connectivity index (χ0v) is 54.9. The number of carbonyl (C=O) groups is 1. The lowest BCUT2D eigenvalue weighted by atomic mass is 10.0. The number of phosphoric ester groups is 1. The number of hydrogen-bond donors (Lipinski definition) is 2. The fourth-order valence-corrected chi connectivity index (χ4v) is 11.3. The third kappa shape index (κ3) is 64.0. The van der Waals surface area contributed by atoms with Gasteiger partial charge in [0.2, 0.25) is 5.91 Å². The lowest BCUT2D eigenvalue weighted by Gasteiger charge is -2.29. The van der Waals surface area contributed by atoms with Gasteiger partial charge in [-0.2, -0.15) is 0 Å². The van der Waals surface area contributed by atoms with Gasteiger partial charge in [0.05, 0.1) is 39.9 Å². The molecule has 8 nitrogen and oxygen atoms in total. The molecule has 0 spiro atoms. The lowest BCUT2D eigenvalue weighted by molar-refractivity contribution is -0.870. The molecule has 0 radical (unpaired) electrons. The van der Waals surface area contributed by atoms with Crippen molar-refractivity contribution in [1.82, 2.24) is 5.32 Å². The molecule has 0 aliphatic carbocycles. The first-order valence-corrected chi connectivity index (χ1v) is 36.5. The highest BCUT2D eigenvalue weighted by Gasteiger charge is 2.23. The summed E-state index contributed by atoms with van der Waals surface area (Å²) < 4.78 is 23.4. The van der Waals surface area contributed by atoms with E-state index in [0.717, 1.165) is 44.9 Å². The van der Waals surface area contributed by atoms with Crippen LogP contribution in [0.3, 0.4) is 0 Å². The Hall–Kier alpha value is -1.54. The van der Waals surface area contributed by atoms with Crippen molar-refractivity contribution in [2.75, 3.05) is 40.9 Å². The number of allylic oxidation sites excluding steroid dienone is 7. The predicted octanol–water partition coefficient (Wildman–Crippen LogP) is 21.6. The van der Waals surface area contributed by atoms with Gasteiger partial charge in [0.15, 0.2) is 0 Å². The van der Waals surface area contributed by atoms with Crippen molar-refractivity contribution < 1.29 is 32.9 Å². The van der Waals surface area contributed by atoms with Crippen LogP contribution in [0.2, 0.25) is 0 Å².